The summed E-state index contributed by atoms with van der Waals surface area (Å²) >= 11 is 1.07. The van der Waals surface area contributed by atoms with Crippen LogP contribution in [0.4, 0.5) is 0 Å². The Morgan fingerprint density at radius 3 is 2.90 bits per heavy atom. The Morgan fingerprint density at radius 1 is 1.80 bits per heavy atom. The van der Waals surface area contributed by atoms with Gasteiger partial charge in [0.15, 0.2) is 5.12 Å². The summed E-state index contributed by atoms with van der Waals surface area (Å²) in [6, 6.07) is 0. The highest BCUT2D eigenvalue weighted by atomic mass is 32.2. The Hall–Kier alpha value is -0.550. The van der Waals surface area contributed by atoms with E-state index in [0.717, 1.165) is 11.8 Å². The van der Waals surface area contributed by atoms with Crippen molar-refractivity contribution in [1.82, 2.24) is 5.43 Å². The van der Waals surface area contributed by atoms with Crippen LogP contribution in [0, 0.1) is 0 Å². The smallest absolute Gasteiger partial charge is 0.247 e. The molecule has 1 heterocycles. The van der Waals surface area contributed by atoms with Crippen molar-refractivity contribution in [3.8, 4) is 0 Å². The SMILES string of the molecule is NNC(=O)C1CCC(=O)S1. The largest absolute Gasteiger partial charge is 0.293 e. The van der Waals surface area contributed by atoms with Gasteiger partial charge in [-0.05, 0) is 6.42 Å². The molecule has 0 aromatic heterocycles. The van der Waals surface area contributed by atoms with E-state index >= 15 is 0 Å². The quantitative estimate of drug-likeness (QED) is 0.305. The van der Waals surface area contributed by atoms with Gasteiger partial charge in [0.1, 0.15) is 0 Å². The van der Waals surface area contributed by atoms with Crippen LogP contribution in [0.2, 0.25) is 0 Å². The number of carbonyl (C=O) groups is 2. The zero-order chi connectivity index (χ0) is 7.56. The van der Waals surface area contributed by atoms with Gasteiger partial charge in [-0.1, -0.05) is 11.8 Å². The molecule has 0 radical (unpaired) electrons. The number of thioether (sulfide) groups is 1. The third kappa shape index (κ3) is 1.48. The normalized spacial score (nSPS) is 24.9. The predicted molar refractivity (Wildman–Crippen MR) is 38.0 cm³/mol. The molecule has 1 aliphatic heterocycles. The first-order valence-corrected chi connectivity index (χ1v) is 3.82. The van der Waals surface area contributed by atoms with Crippen LogP contribution in [0.1, 0.15) is 12.8 Å². The molecule has 1 amide bonds. The van der Waals surface area contributed by atoms with Crippen LogP contribution in [0.15, 0.2) is 0 Å². The van der Waals surface area contributed by atoms with Crippen molar-refractivity contribution < 1.29 is 9.59 Å². The van der Waals surface area contributed by atoms with Crippen molar-refractivity contribution in [3.63, 3.8) is 0 Å². The summed E-state index contributed by atoms with van der Waals surface area (Å²) in [5, 5.41) is -0.175. The maximum Gasteiger partial charge on any atom is 0.247 e. The first kappa shape index (κ1) is 7.56. The fourth-order valence-electron chi connectivity index (χ4n) is 0.803. The number of rotatable bonds is 1. The lowest BCUT2D eigenvalue weighted by Gasteiger charge is -2.02. The van der Waals surface area contributed by atoms with Gasteiger partial charge >= 0.3 is 0 Å². The van der Waals surface area contributed by atoms with Gasteiger partial charge < -0.3 is 0 Å². The van der Waals surface area contributed by atoms with Crippen LogP contribution in [-0.2, 0) is 9.59 Å². The Labute approximate surface area is 62.5 Å². The summed E-state index contributed by atoms with van der Waals surface area (Å²) < 4.78 is 0. The molecule has 0 aromatic carbocycles. The standard InChI is InChI=1S/C5H8N2O2S/c6-7-5(9)3-1-2-4(8)10-3/h3H,1-2,6H2,(H,7,9). The number of hydrazine groups is 1. The third-order valence-corrected chi connectivity index (χ3v) is 2.52. The van der Waals surface area contributed by atoms with Gasteiger partial charge in [0.05, 0.1) is 5.25 Å². The average molecular weight is 160 g/mol. The highest BCUT2D eigenvalue weighted by Gasteiger charge is 2.28. The molecule has 0 saturated carbocycles. The summed E-state index contributed by atoms with van der Waals surface area (Å²) in [6.45, 7) is 0. The van der Waals surface area contributed by atoms with Crippen LogP contribution in [0.25, 0.3) is 0 Å². The van der Waals surface area contributed by atoms with Gasteiger partial charge in [-0.15, -0.1) is 0 Å². The van der Waals surface area contributed by atoms with Crippen LogP contribution < -0.4 is 11.3 Å². The van der Waals surface area contributed by atoms with Gasteiger partial charge in [0.2, 0.25) is 5.91 Å². The molecule has 1 aliphatic rings. The minimum Gasteiger partial charge on any atom is -0.293 e. The van der Waals surface area contributed by atoms with Gasteiger partial charge in [-0.2, -0.15) is 0 Å². The van der Waals surface area contributed by atoms with E-state index in [1.165, 1.54) is 0 Å². The molecule has 56 valence electrons. The number of hydrogen-bond acceptors (Lipinski definition) is 4. The second kappa shape index (κ2) is 3.03. The minimum absolute atomic E-state index is 0.0774. The van der Waals surface area contributed by atoms with E-state index in [2.05, 4.69) is 0 Å². The number of amides is 1. The van der Waals surface area contributed by atoms with Crippen LogP contribution in [0.3, 0.4) is 0 Å². The molecule has 1 fully saturated rings. The topological polar surface area (TPSA) is 72.2 Å². The molecule has 0 aliphatic carbocycles. The summed E-state index contributed by atoms with van der Waals surface area (Å²) in [6.07, 6.45) is 1.11. The lowest BCUT2D eigenvalue weighted by Crippen LogP contribution is -2.36. The minimum atomic E-state index is -0.254. The van der Waals surface area contributed by atoms with Crippen molar-refractivity contribution in [3.05, 3.63) is 0 Å². The fourth-order valence-corrected chi connectivity index (χ4v) is 1.77. The van der Waals surface area contributed by atoms with Crippen LogP contribution in [0.5, 0.6) is 0 Å². The monoisotopic (exact) mass is 160 g/mol. The zero-order valence-corrected chi connectivity index (χ0v) is 6.11. The maximum atomic E-state index is 10.8. The highest BCUT2D eigenvalue weighted by molar-refractivity contribution is 8.15. The third-order valence-electron chi connectivity index (χ3n) is 1.32. The second-order valence-corrected chi connectivity index (χ2v) is 3.29. The molecule has 4 nitrogen and oxygen atoms in total. The Bertz CT molecular complexity index is 171. The molecule has 3 N–H and O–H groups in total. The molecule has 0 aromatic rings. The fraction of sp³-hybridized carbons (Fsp3) is 0.600. The van der Waals surface area contributed by atoms with E-state index in [1.807, 2.05) is 5.43 Å². The first-order valence-electron chi connectivity index (χ1n) is 2.94. The lowest BCUT2D eigenvalue weighted by atomic mass is 10.2. The van der Waals surface area contributed by atoms with E-state index in [-0.39, 0.29) is 16.3 Å². The molecule has 1 rings (SSSR count). The van der Waals surface area contributed by atoms with E-state index < -0.39 is 0 Å². The lowest BCUT2D eigenvalue weighted by molar-refractivity contribution is -0.120. The molecule has 0 bridgehead atoms. The summed E-state index contributed by atoms with van der Waals surface area (Å²) in [7, 11) is 0. The summed E-state index contributed by atoms with van der Waals surface area (Å²) in [5.74, 6) is 4.62. The van der Waals surface area contributed by atoms with Gasteiger partial charge in [0.25, 0.3) is 0 Å². The molecular weight excluding hydrogens is 152 g/mol. The van der Waals surface area contributed by atoms with Gasteiger partial charge in [0, 0.05) is 6.42 Å². The summed E-state index contributed by atoms with van der Waals surface area (Å²) in [4.78, 5) is 21.4. The predicted octanol–water partition coefficient (Wildman–Crippen LogP) is -0.602. The molecule has 0 spiro atoms. The van der Waals surface area contributed by atoms with Crippen molar-refractivity contribution in [2.24, 2.45) is 5.84 Å². The van der Waals surface area contributed by atoms with Crippen LogP contribution >= 0.6 is 11.8 Å². The number of nitrogens with one attached hydrogen (secondary N) is 1. The molecule has 1 saturated heterocycles. The summed E-state index contributed by atoms with van der Waals surface area (Å²) in [5.41, 5.74) is 2.02. The van der Waals surface area contributed by atoms with Gasteiger partial charge in [-0.3, -0.25) is 15.0 Å². The van der Waals surface area contributed by atoms with Crippen molar-refractivity contribution in [2.75, 3.05) is 0 Å². The Morgan fingerprint density at radius 2 is 2.50 bits per heavy atom. The Kier molecular flexibility index (Phi) is 2.29. The van der Waals surface area contributed by atoms with Crippen molar-refractivity contribution in [1.29, 1.82) is 0 Å². The molecule has 10 heavy (non-hydrogen) atoms. The van der Waals surface area contributed by atoms with E-state index in [1.54, 1.807) is 0 Å². The number of hydrogen-bond donors (Lipinski definition) is 2. The highest BCUT2D eigenvalue weighted by Crippen LogP contribution is 2.27. The maximum absolute atomic E-state index is 10.8. The number of nitrogens with two attached hydrogens (primary N) is 1. The number of carbonyl (C=O) groups excluding carboxylic acids is 2. The first-order chi connectivity index (χ1) is 4.74. The molecular formula is C5H8N2O2S. The van der Waals surface area contributed by atoms with E-state index in [9.17, 15) is 9.59 Å². The van der Waals surface area contributed by atoms with Gasteiger partial charge in [-0.25, -0.2) is 5.84 Å². The van der Waals surface area contributed by atoms with E-state index in [0.29, 0.717) is 12.8 Å². The molecule has 1 atom stereocenters. The van der Waals surface area contributed by atoms with Crippen LogP contribution in [-0.4, -0.2) is 16.3 Å². The van der Waals surface area contributed by atoms with E-state index in [4.69, 9.17) is 5.84 Å². The average Bonchev–Trinajstić information content (AvgIpc) is 2.34. The second-order valence-electron chi connectivity index (χ2n) is 2.03. The van der Waals surface area contributed by atoms with Crippen molar-refractivity contribution in [2.45, 2.75) is 18.1 Å². The molecule has 5 heteroatoms. The molecule has 1 unspecified atom stereocenters. The van der Waals surface area contributed by atoms with Crippen molar-refractivity contribution >= 4 is 22.8 Å². The Balaban J connectivity index is 2.44. The zero-order valence-electron chi connectivity index (χ0n) is 5.29.